The Balaban J connectivity index is 1.92. The second-order valence-electron chi connectivity index (χ2n) is 6.66. The first-order valence-electron chi connectivity index (χ1n) is 9.47. The number of rotatable bonds is 8. The summed E-state index contributed by atoms with van der Waals surface area (Å²) >= 11 is 2.02. The fourth-order valence-corrected chi connectivity index (χ4v) is 3.76. The van der Waals surface area contributed by atoms with E-state index in [0.29, 0.717) is 44.2 Å². The summed E-state index contributed by atoms with van der Waals surface area (Å²) in [5.41, 5.74) is 2.08. The molecule has 0 aliphatic carbocycles. The third-order valence-electron chi connectivity index (χ3n) is 4.40. The molecule has 0 saturated heterocycles. The molecule has 2 N–H and O–H groups in total. The number of halogens is 1. The van der Waals surface area contributed by atoms with Gasteiger partial charge in [0.05, 0.1) is 32.7 Å². The second kappa shape index (κ2) is 9.81. The van der Waals surface area contributed by atoms with Gasteiger partial charge in [-0.3, -0.25) is 4.79 Å². The van der Waals surface area contributed by atoms with Crippen molar-refractivity contribution < 1.29 is 34.1 Å². The van der Waals surface area contributed by atoms with Crippen molar-refractivity contribution in [1.82, 2.24) is 0 Å². The Kier molecular flexibility index (Phi) is 7.13. The number of hydrogen-bond acceptors (Lipinski definition) is 6. The van der Waals surface area contributed by atoms with Crippen molar-refractivity contribution in [2.45, 2.75) is 13.8 Å². The van der Waals surface area contributed by atoms with E-state index in [-0.39, 0.29) is 11.5 Å². The van der Waals surface area contributed by atoms with Gasteiger partial charge in [-0.15, -0.1) is 0 Å². The third-order valence-corrected chi connectivity index (χ3v) is 5.21. The van der Waals surface area contributed by atoms with Gasteiger partial charge in [0.15, 0.2) is 18.1 Å². The summed E-state index contributed by atoms with van der Waals surface area (Å²) in [4.78, 5) is 34.9. The summed E-state index contributed by atoms with van der Waals surface area (Å²) in [5.74, 6) is -1.83. The minimum atomic E-state index is -1.10. The van der Waals surface area contributed by atoms with Crippen LogP contribution in [0.1, 0.15) is 29.8 Å². The van der Waals surface area contributed by atoms with Crippen LogP contribution in [0.15, 0.2) is 47.1 Å². The molecule has 0 fully saturated rings. The van der Waals surface area contributed by atoms with Gasteiger partial charge in [0.25, 0.3) is 5.91 Å². The predicted octanol–water partition coefficient (Wildman–Crippen LogP) is 3.66. The topological polar surface area (TPSA) is 126 Å². The zero-order chi connectivity index (χ0) is 23.4. The summed E-state index contributed by atoms with van der Waals surface area (Å²) in [6, 6.07) is 9.27. The molecule has 166 valence electrons. The molecule has 0 unspecified atom stereocenters. The molecular formula is C22H19IN2O7. The molecule has 9 nitrogen and oxygen atoms in total. The largest absolute Gasteiger partial charge is 0.490 e. The maximum atomic E-state index is 13.0. The Labute approximate surface area is 197 Å². The minimum absolute atomic E-state index is 0.111. The molecule has 2 aromatic carbocycles. The smallest absolute Gasteiger partial charge is 0.341 e. The van der Waals surface area contributed by atoms with Crippen LogP contribution in [0.25, 0.3) is 6.08 Å². The van der Waals surface area contributed by atoms with Crippen LogP contribution in [-0.4, -0.2) is 47.0 Å². The fourth-order valence-electron chi connectivity index (χ4n) is 2.98. The normalized spacial score (nSPS) is 14.5. The van der Waals surface area contributed by atoms with E-state index in [1.165, 1.54) is 29.3 Å². The molecule has 0 bridgehead atoms. The number of ether oxygens (including phenoxy) is 2. The average molecular weight is 550 g/mol. The number of hydrogen-bond donors (Lipinski definition) is 2. The Morgan fingerprint density at radius 3 is 2.44 bits per heavy atom. The Morgan fingerprint density at radius 1 is 1.16 bits per heavy atom. The highest BCUT2D eigenvalue weighted by Crippen LogP contribution is 2.35. The summed E-state index contributed by atoms with van der Waals surface area (Å²) in [6.45, 7) is 3.34. The monoisotopic (exact) mass is 550 g/mol. The molecule has 2 aromatic rings. The van der Waals surface area contributed by atoms with E-state index < -0.39 is 18.5 Å². The summed E-state index contributed by atoms with van der Waals surface area (Å²) < 4.78 is 11.6. The number of carboxylic acid groups (broad SMARTS) is 2. The number of hydrazone groups is 1. The molecule has 3 rings (SSSR count). The van der Waals surface area contributed by atoms with E-state index >= 15 is 0 Å². The standard InChI is InChI=1S/C22H19IN2O7/c1-3-31-18-10-13(9-17(23)20(18)32-11-19(26)27)8-16-12(2)24-25(21(16)28)15-6-4-14(5-7-15)22(29)30/h4-10H,3,11H2,1-2H3,(H,26,27)(H,29,30)/b16-8-. The molecular weight excluding hydrogens is 531 g/mol. The Bertz CT molecular complexity index is 1140. The van der Waals surface area contributed by atoms with E-state index in [0.717, 1.165) is 0 Å². The number of aliphatic carboxylic acids is 1. The van der Waals surface area contributed by atoms with Crippen LogP contribution in [0.4, 0.5) is 5.69 Å². The molecule has 10 heteroatoms. The quantitative estimate of drug-likeness (QED) is 0.380. The molecule has 0 saturated carbocycles. The minimum Gasteiger partial charge on any atom is -0.490 e. The molecule has 32 heavy (non-hydrogen) atoms. The van der Waals surface area contributed by atoms with E-state index in [4.69, 9.17) is 19.7 Å². The molecule has 1 aliphatic rings. The van der Waals surface area contributed by atoms with E-state index in [9.17, 15) is 14.4 Å². The van der Waals surface area contributed by atoms with Gasteiger partial charge in [-0.05, 0) is 84.5 Å². The van der Waals surface area contributed by atoms with E-state index in [1.807, 2.05) is 22.6 Å². The Morgan fingerprint density at radius 2 is 1.84 bits per heavy atom. The second-order valence-corrected chi connectivity index (χ2v) is 7.82. The number of amides is 1. The number of carbonyl (C=O) groups is 3. The van der Waals surface area contributed by atoms with E-state index in [1.54, 1.807) is 32.1 Å². The summed E-state index contributed by atoms with van der Waals surface area (Å²) in [6.07, 6.45) is 1.67. The highest BCUT2D eigenvalue weighted by molar-refractivity contribution is 14.1. The van der Waals surface area contributed by atoms with Crippen LogP contribution >= 0.6 is 22.6 Å². The molecule has 0 aromatic heterocycles. The summed E-state index contributed by atoms with van der Waals surface area (Å²) in [7, 11) is 0. The van der Waals surface area contributed by atoms with Gasteiger partial charge in [0.1, 0.15) is 0 Å². The molecule has 0 atom stereocenters. The first kappa shape index (κ1) is 23.3. The van der Waals surface area contributed by atoms with Crippen molar-refractivity contribution in [3.8, 4) is 11.5 Å². The van der Waals surface area contributed by atoms with Gasteiger partial charge >= 0.3 is 11.9 Å². The van der Waals surface area contributed by atoms with Gasteiger partial charge in [0, 0.05) is 0 Å². The number of aromatic carboxylic acids is 1. The maximum absolute atomic E-state index is 13.0. The van der Waals surface area contributed by atoms with Crippen LogP contribution < -0.4 is 14.5 Å². The number of anilines is 1. The number of carbonyl (C=O) groups excluding carboxylic acids is 1. The lowest BCUT2D eigenvalue weighted by atomic mass is 10.1. The van der Waals surface area contributed by atoms with Crippen LogP contribution in [0, 0.1) is 3.57 Å². The van der Waals surface area contributed by atoms with Crippen LogP contribution in [0.5, 0.6) is 11.5 Å². The summed E-state index contributed by atoms with van der Waals surface area (Å²) in [5, 5.41) is 23.4. The lowest BCUT2D eigenvalue weighted by Gasteiger charge is -2.14. The van der Waals surface area contributed by atoms with Gasteiger partial charge < -0.3 is 19.7 Å². The first-order chi connectivity index (χ1) is 15.2. The molecule has 0 radical (unpaired) electrons. The van der Waals surface area contributed by atoms with Crippen molar-refractivity contribution in [2.24, 2.45) is 5.10 Å². The number of nitrogens with zero attached hydrogens (tertiary/aromatic N) is 2. The van der Waals surface area contributed by atoms with Gasteiger partial charge in [-0.2, -0.15) is 10.1 Å². The van der Waals surface area contributed by atoms with Crippen LogP contribution in [0.3, 0.4) is 0 Å². The molecule has 1 amide bonds. The fraction of sp³-hybridized carbons (Fsp3) is 0.182. The van der Waals surface area contributed by atoms with Crippen molar-refractivity contribution in [2.75, 3.05) is 18.2 Å². The van der Waals surface area contributed by atoms with Crippen molar-refractivity contribution in [1.29, 1.82) is 0 Å². The SMILES string of the molecule is CCOc1cc(/C=C2\C(=O)N(c3ccc(C(=O)O)cc3)N=C2C)cc(I)c1OCC(=O)O. The van der Waals surface area contributed by atoms with E-state index in [2.05, 4.69) is 5.10 Å². The first-order valence-corrected chi connectivity index (χ1v) is 10.5. The average Bonchev–Trinajstić information content (AvgIpc) is 3.01. The lowest BCUT2D eigenvalue weighted by molar-refractivity contribution is -0.139. The zero-order valence-electron chi connectivity index (χ0n) is 17.2. The molecule has 1 aliphatic heterocycles. The van der Waals surface area contributed by atoms with Crippen molar-refractivity contribution >= 4 is 57.9 Å². The predicted molar refractivity (Wildman–Crippen MR) is 125 cm³/mol. The van der Waals surface area contributed by atoms with Crippen molar-refractivity contribution in [3.63, 3.8) is 0 Å². The lowest BCUT2D eigenvalue weighted by Crippen LogP contribution is -2.21. The van der Waals surface area contributed by atoms with Gasteiger partial charge in [0.2, 0.25) is 0 Å². The zero-order valence-corrected chi connectivity index (χ0v) is 19.3. The Hall–Kier alpha value is -3.41. The van der Waals surface area contributed by atoms with Crippen molar-refractivity contribution in [3.05, 3.63) is 56.7 Å². The number of benzene rings is 2. The third kappa shape index (κ3) is 5.07. The number of carboxylic acids is 2. The highest BCUT2D eigenvalue weighted by atomic mass is 127. The van der Waals surface area contributed by atoms with Crippen LogP contribution in [0.2, 0.25) is 0 Å². The molecule has 1 heterocycles. The van der Waals surface area contributed by atoms with Gasteiger partial charge in [-0.25, -0.2) is 9.59 Å². The maximum Gasteiger partial charge on any atom is 0.341 e. The molecule has 0 spiro atoms. The van der Waals surface area contributed by atoms with Crippen LogP contribution in [-0.2, 0) is 9.59 Å². The highest BCUT2D eigenvalue weighted by Gasteiger charge is 2.29. The van der Waals surface area contributed by atoms with Gasteiger partial charge in [-0.1, -0.05) is 0 Å².